The molecule has 0 aromatic heterocycles. The number of carbonyl (C=O) groups is 1. The van der Waals surface area contributed by atoms with Crippen LogP contribution in [0.1, 0.15) is 33.1 Å². The van der Waals surface area contributed by atoms with Gasteiger partial charge in [0.1, 0.15) is 5.60 Å². The second-order valence-corrected chi connectivity index (χ2v) is 5.74. The van der Waals surface area contributed by atoms with Crippen molar-refractivity contribution in [3.63, 3.8) is 0 Å². The molecule has 4 heteroatoms. The second-order valence-electron chi connectivity index (χ2n) is 5.74. The average Bonchev–Trinajstić information content (AvgIpc) is 2.86. The van der Waals surface area contributed by atoms with E-state index in [1.54, 1.807) is 7.11 Å². The first-order valence-electron chi connectivity index (χ1n) is 6.95. The molecule has 0 aliphatic carbocycles. The van der Waals surface area contributed by atoms with Crippen LogP contribution in [-0.2, 0) is 9.53 Å². The van der Waals surface area contributed by atoms with Crippen LogP contribution >= 0.6 is 0 Å². The lowest BCUT2D eigenvalue weighted by Crippen LogP contribution is -2.37. The molecule has 0 atom stereocenters. The number of Topliss-reactive ketones (excluding diaryl/α,β-unsaturated/α-hetero) is 1. The Bertz CT molecular complexity index is 261. The van der Waals surface area contributed by atoms with Gasteiger partial charge in [0.05, 0.1) is 0 Å². The second kappa shape index (κ2) is 7.22. The maximum Gasteiger partial charge on any atom is 0.165 e. The molecule has 0 N–H and O–H groups in total. The quantitative estimate of drug-likeness (QED) is 0.657. The molecular weight excluding hydrogens is 228 g/mol. The summed E-state index contributed by atoms with van der Waals surface area (Å²) in [6, 6.07) is 0. The molecule has 1 saturated heterocycles. The molecule has 0 unspecified atom stereocenters. The van der Waals surface area contributed by atoms with Gasteiger partial charge in [0.25, 0.3) is 0 Å². The normalized spacial score (nSPS) is 17.6. The molecule has 106 valence electrons. The van der Waals surface area contributed by atoms with Gasteiger partial charge in [0.15, 0.2) is 5.78 Å². The summed E-state index contributed by atoms with van der Waals surface area (Å²) in [7, 11) is 3.68. The minimum absolute atomic E-state index is 0.179. The molecule has 0 amide bonds. The van der Waals surface area contributed by atoms with Gasteiger partial charge in [-0.3, -0.25) is 4.79 Å². The third-order valence-corrected chi connectivity index (χ3v) is 3.90. The van der Waals surface area contributed by atoms with Crippen molar-refractivity contribution < 1.29 is 9.53 Å². The zero-order chi connectivity index (χ0) is 13.6. The maximum atomic E-state index is 11.9. The summed E-state index contributed by atoms with van der Waals surface area (Å²) >= 11 is 0. The van der Waals surface area contributed by atoms with E-state index in [9.17, 15) is 4.79 Å². The van der Waals surface area contributed by atoms with Crippen molar-refractivity contribution >= 4 is 5.78 Å². The van der Waals surface area contributed by atoms with Crippen molar-refractivity contribution in [1.29, 1.82) is 0 Å². The van der Waals surface area contributed by atoms with E-state index < -0.39 is 5.60 Å². The Balaban J connectivity index is 2.16. The van der Waals surface area contributed by atoms with E-state index in [4.69, 9.17) is 4.74 Å². The lowest BCUT2D eigenvalue weighted by Gasteiger charge is -2.24. The van der Waals surface area contributed by atoms with E-state index in [1.807, 2.05) is 13.8 Å². The van der Waals surface area contributed by atoms with Gasteiger partial charge in [0.2, 0.25) is 0 Å². The van der Waals surface area contributed by atoms with Gasteiger partial charge < -0.3 is 14.5 Å². The van der Waals surface area contributed by atoms with Crippen LogP contribution < -0.4 is 0 Å². The monoisotopic (exact) mass is 256 g/mol. The average molecular weight is 256 g/mol. The summed E-state index contributed by atoms with van der Waals surface area (Å²) in [5.41, 5.74) is -0.643. The van der Waals surface area contributed by atoms with Crippen LogP contribution in [0, 0.1) is 0 Å². The highest BCUT2D eigenvalue weighted by atomic mass is 16.5. The molecule has 1 aliphatic rings. The summed E-state index contributed by atoms with van der Waals surface area (Å²) in [6.45, 7) is 9.13. The van der Waals surface area contributed by atoms with Crippen LogP contribution in [0.2, 0.25) is 0 Å². The Hall–Kier alpha value is -0.450. The third-order valence-electron chi connectivity index (χ3n) is 3.90. The standard InChI is InChI=1S/C14H28N2O2/c1-14(2,18-4)13(17)7-10-15(3)11-12-16-8-5-6-9-16/h5-12H2,1-4H3. The van der Waals surface area contributed by atoms with Crippen LogP contribution in [0.3, 0.4) is 0 Å². The molecule has 1 fully saturated rings. The molecule has 0 saturated carbocycles. The van der Waals surface area contributed by atoms with Crippen molar-refractivity contribution in [1.82, 2.24) is 9.80 Å². The molecule has 4 nitrogen and oxygen atoms in total. The number of likely N-dealkylation sites (N-methyl/N-ethyl adjacent to an activating group) is 1. The Kier molecular flexibility index (Phi) is 6.26. The smallest absolute Gasteiger partial charge is 0.165 e. The predicted molar refractivity (Wildman–Crippen MR) is 73.9 cm³/mol. The van der Waals surface area contributed by atoms with Gasteiger partial charge in [-0.25, -0.2) is 0 Å². The minimum atomic E-state index is -0.643. The first kappa shape index (κ1) is 15.6. The number of nitrogens with zero attached hydrogens (tertiary/aromatic N) is 2. The number of methoxy groups -OCH3 is 1. The number of hydrogen-bond acceptors (Lipinski definition) is 4. The van der Waals surface area contributed by atoms with Gasteiger partial charge in [-0.1, -0.05) is 0 Å². The first-order valence-corrected chi connectivity index (χ1v) is 6.95. The molecule has 0 aromatic carbocycles. The van der Waals surface area contributed by atoms with Crippen molar-refractivity contribution in [2.24, 2.45) is 0 Å². The number of ether oxygens (including phenoxy) is 1. The van der Waals surface area contributed by atoms with E-state index in [-0.39, 0.29) is 5.78 Å². The van der Waals surface area contributed by atoms with Crippen LogP contribution in [0.5, 0.6) is 0 Å². The number of hydrogen-bond donors (Lipinski definition) is 0. The number of rotatable bonds is 8. The largest absolute Gasteiger partial charge is 0.371 e. The van der Waals surface area contributed by atoms with Crippen molar-refractivity contribution in [2.45, 2.75) is 38.7 Å². The molecule has 18 heavy (non-hydrogen) atoms. The van der Waals surface area contributed by atoms with E-state index in [2.05, 4.69) is 16.8 Å². The molecule has 1 rings (SSSR count). The molecule has 0 spiro atoms. The van der Waals surface area contributed by atoms with Crippen LogP contribution in [-0.4, -0.2) is 68.1 Å². The van der Waals surface area contributed by atoms with Crippen LogP contribution in [0.15, 0.2) is 0 Å². The Morgan fingerprint density at radius 2 is 1.89 bits per heavy atom. The highest BCUT2D eigenvalue weighted by molar-refractivity contribution is 5.86. The van der Waals surface area contributed by atoms with Crippen LogP contribution in [0.25, 0.3) is 0 Å². The molecule has 0 radical (unpaired) electrons. The van der Waals surface area contributed by atoms with E-state index in [0.29, 0.717) is 6.42 Å². The van der Waals surface area contributed by atoms with E-state index >= 15 is 0 Å². The molecule has 1 heterocycles. The fraction of sp³-hybridized carbons (Fsp3) is 0.929. The molecular formula is C14H28N2O2. The highest BCUT2D eigenvalue weighted by Gasteiger charge is 2.26. The topological polar surface area (TPSA) is 32.8 Å². The molecule has 1 aliphatic heterocycles. The van der Waals surface area contributed by atoms with Gasteiger partial charge in [-0.15, -0.1) is 0 Å². The van der Waals surface area contributed by atoms with Crippen molar-refractivity contribution in [3.05, 3.63) is 0 Å². The van der Waals surface area contributed by atoms with Gasteiger partial charge in [0, 0.05) is 33.2 Å². The summed E-state index contributed by atoms with van der Waals surface area (Å²) in [4.78, 5) is 16.6. The number of likely N-dealkylation sites (tertiary alicyclic amines) is 1. The maximum absolute atomic E-state index is 11.9. The van der Waals surface area contributed by atoms with Gasteiger partial charge in [-0.05, 0) is 46.8 Å². The van der Waals surface area contributed by atoms with Gasteiger partial charge >= 0.3 is 0 Å². The summed E-state index contributed by atoms with van der Waals surface area (Å²) in [5, 5.41) is 0. The Morgan fingerprint density at radius 3 is 2.44 bits per heavy atom. The lowest BCUT2D eigenvalue weighted by atomic mass is 10.0. The number of carbonyl (C=O) groups excluding carboxylic acids is 1. The first-order chi connectivity index (χ1) is 8.45. The van der Waals surface area contributed by atoms with E-state index in [0.717, 1.165) is 19.6 Å². The SMILES string of the molecule is COC(C)(C)C(=O)CCN(C)CCN1CCCC1. The fourth-order valence-electron chi connectivity index (χ4n) is 2.14. The Labute approximate surface area is 111 Å². The third kappa shape index (κ3) is 5.04. The van der Waals surface area contributed by atoms with Crippen molar-refractivity contribution in [2.75, 3.05) is 46.9 Å². The Morgan fingerprint density at radius 1 is 1.28 bits per heavy atom. The predicted octanol–water partition coefficient (Wildman–Crippen LogP) is 1.40. The fourth-order valence-corrected chi connectivity index (χ4v) is 2.14. The molecule has 0 bridgehead atoms. The lowest BCUT2D eigenvalue weighted by molar-refractivity contribution is -0.137. The summed E-state index contributed by atoms with van der Waals surface area (Å²) in [6.07, 6.45) is 3.24. The summed E-state index contributed by atoms with van der Waals surface area (Å²) in [5.74, 6) is 0.179. The minimum Gasteiger partial charge on any atom is -0.371 e. The van der Waals surface area contributed by atoms with E-state index in [1.165, 1.54) is 25.9 Å². The van der Waals surface area contributed by atoms with Crippen LogP contribution in [0.4, 0.5) is 0 Å². The van der Waals surface area contributed by atoms with Gasteiger partial charge in [-0.2, -0.15) is 0 Å². The highest BCUT2D eigenvalue weighted by Crippen LogP contribution is 2.11. The number of ketones is 1. The summed E-state index contributed by atoms with van der Waals surface area (Å²) < 4.78 is 5.20. The zero-order valence-electron chi connectivity index (χ0n) is 12.4. The van der Waals surface area contributed by atoms with Crippen molar-refractivity contribution in [3.8, 4) is 0 Å². The zero-order valence-corrected chi connectivity index (χ0v) is 12.4. The molecule has 0 aromatic rings.